The molecule has 0 unspecified atom stereocenters. The van der Waals surface area contributed by atoms with Crippen molar-refractivity contribution in [2.45, 2.75) is 20.3 Å². The van der Waals surface area contributed by atoms with Crippen LogP contribution in [-0.2, 0) is 23.9 Å². The fraction of sp³-hybridized carbons (Fsp3) is 0.143. The number of hydrogen-bond acceptors (Lipinski definition) is 7. The molecule has 0 radical (unpaired) electrons. The largest absolute Gasteiger partial charge is 0.425 e. The zero-order chi connectivity index (χ0) is 26.7. The van der Waals surface area contributed by atoms with Crippen molar-refractivity contribution < 1.29 is 37.8 Å². The summed E-state index contributed by atoms with van der Waals surface area (Å²) in [5, 5.41) is 0. The second-order valence-corrected chi connectivity index (χ2v) is 7.46. The van der Waals surface area contributed by atoms with Crippen molar-refractivity contribution in [2.24, 2.45) is 0 Å². The summed E-state index contributed by atoms with van der Waals surface area (Å²) in [5.74, 6) is 2.55. The summed E-state index contributed by atoms with van der Waals surface area (Å²) in [6, 6.07) is 9.89. The fourth-order valence-electron chi connectivity index (χ4n) is 2.41. The van der Waals surface area contributed by atoms with Gasteiger partial charge in [0.15, 0.2) is 5.78 Å². The van der Waals surface area contributed by atoms with Crippen LogP contribution in [0, 0.1) is 17.7 Å². The molecule has 0 saturated heterocycles. The Balaban J connectivity index is 1.93. The second kappa shape index (κ2) is 13.2. The molecule has 0 saturated carbocycles. The summed E-state index contributed by atoms with van der Waals surface area (Å²) in [7, 11) is 0. The molecule has 0 amide bonds. The molecule has 2 aromatic rings. The number of allylic oxidation sites excluding steroid dienone is 1. The minimum atomic E-state index is -0.858. The number of ether oxygens (including phenoxy) is 3. The molecule has 0 fully saturated rings. The van der Waals surface area contributed by atoms with E-state index in [1.54, 1.807) is 19.1 Å². The first-order valence-corrected chi connectivity index (χ1v) is 10.5. The van der Waals surface area contributed by atoms with E-state index in [0.717, 1.165) is 18.2 Å². The first-order valence-electron chi connectivity index (χ1n) is 10.5. The van der Waals surface area contributed by atoms with E-state index in [-0.39, 0.29) is 34.7 Å². The molecule has 184 valence electrons. The molecule has 0 aliphatic heterocycles. The lowest BCUT2D eigenvalue weighted by molar-refractivity contribution is -0.160. The topological polar surface area (TPSA) is 96.0 Å². The summed E-state index contributed by atoms with van der Waals surface area (Å²) >= 11 is 0. The van der Waals surface area contributed by atoms with Crippen LogP contribution in [0.25, 0.3) is 6.08 Å². The molecule has 36 heavy (non-hydrogen) atoms. The van der Waals surface area contributed by atoms with Crippen LogP contribution in [0.5, 0.6) is 5.75 Å². The Morgan fingerprint density at radius 1 is 0.972 bits per heavy atom. The Labute approximate surface area is 207 Å². The lowest BCUT2D eigenvalue weighted by Gasteiger charge is -2.06. The van der Waals surface area contributed by atoms with E-state index >= 15 is 0 Å². The van der Waals surface area contributed by atoms with E-state index < -0.39 is 30.5 Å². The van der Waals surface area contributed by atoms with Crippen molar-refractivity contribution >= 4 is 29.8 Å². The highest BCUT2D eigenvalue weighted by Gasteiger charge is 2.12. The quantitative estimate of drug-likeness (QED) is 0.167. The molecule has 0 N–H and O–H groups in total. The van der Waals surface area contributed by atoms with Crippen molar-refractivity contribution in [1.29, 1.82) is 0 Å². The van der Waals surface area contributed by atoms with Gasteiger partial charge < -0.3 is 14.2 Å². The van der Waals surface area contributed by atoms with Crippen LogP contribution in [0.1, 0.15) is 41.8 Å². The molecular formula is C28H23FO7. The molecule has 2 rings (SSSR count). The standard InChI is InChI=1S/C28H23FO7/c1-18(2)25(30)7-5-6-20-8-13-23(14-9-20)36-28(33)22-11-10-21(24(29)16-22)12-15-26(31)34-17-35-27(32)19(3)4/h8-16H,1,3,7,17H2,2,4H3/b15-12+. The molecule has 0 bridgehead atoms. The van der Waals surface area contributed by atoms with Crippen LogP contribution in [-0.4, -0.2) is 30.5 Å². The molecule has 0 spiro atoms. The van der Waals surface area contributed by atoms with Gasteiger partial charge in [-0.15, -0.1) is 0 Å². The van der Waals surface area contributed by atoms with Crippen LogP contribution >= 0.6 is 0 Å². The average Bonchev–Trinajstić information content (AvgIpc) is 2.83. The number of esters is 3. The molecule has 0 aromatic heterocycles. The maximum atomic E-state index is 14.4. The third-order valence-corrected chi connectivity index (χ3v) is 4.40. The van der Waals surface area contributed by atoms with Gasteiger partial charge in [-0.1, -0.05) is 31.1 Å². The summed E-state index contributed by atoms with van der Waals surface area (Å²) in [6.07, 6.45) is 2.16. The van der Waals surface area contributed by atoms with Gasteiger partial charge in [0.1, 0.15) is 11.6 Å². The highest BCUT2D eigenvalue weighted by molar-refractivity contribution is 5.95. The van der Waals surface area contributed by atoms with Gasteiger partial charge in [0.2, 0.25) is 6.79 Å². The molecule has 0 heterocycles. The Bertz CT molecular complexity index is 1290. The molecule has 2 aromatic carbocycles. The van der Waals surface area contributed by atoms with E-state index in [1.807, 2.05) is 0 Å². The van der Waals surface area contributed by atoms with Crippen molar-refractivity contribution in [3.05, 3.63) is 95.4 Å². The number of ketones is 1. The number of carbonyl (C=O) groups is 4. The number of rotatable bonds is 9. The van der Waals surface area contributed by atoms with Gasteiger partial charge in [0.05, 0.1) is 12.0 Å². The van der Waals surface area contributed by atoms with E-state index in [1.165, 1.54) is 31.2 Å². The first kappa shape index (κ1) is 27.5. The van der Waals surface area contributed by atoms with Gasteiger partial charge in [0, 0.05) is 22.8 Å². The molecule has 7 nitrogen and oxygen atoms in total. The van der Waals surface area contributed by atoms with Crippen molar-refractivity contribution in [3.8, 4) is 17.6 Å². The van der Waals surface area contributed by atoms with Crippen molar-refractivity contribution in [1.82, 2.24) is 0 Å². The molecular weight excluding hydrogens is 467 g/mol. The van der Waals surface area contributed by atoms with Crippen LogP contribution in [0.15, 0.2) is 72.8 Å². The number of carbonyl (C=O) groups excluding carboxylic acids is 4. The Kier molecular flexibility index (Phi) is 10.1. The van der Waals surface area contributed by atoms with Crippen molar-refractivity contribution in [2.75, 3.05) is 6.79 Å². The minimum Gasteiger partial charge on any atom is -0.425 e. The highest BCUT2D eigenvalue weighted by atomic mass is 19.1. The molecule has 0 atom stereocenters. The van der Waals surface area contributed by atoms with Gasteiger partial charge in [0.25, 0.3) is 0 Å². The van der Waals surface area contributed by atoms with E-state index in [4.69, 9.17) is 4.74 Å². The van der Waals surface area contributed by atoms with Crippen LogP contribution in [0.2, 0.25) is 0 Å². The lowest BCUT2D eigenvalue weighted by Crippen LogP contribution is -2.11. The maximum Gasteiger partial charge on any atom is 0.343 e. The fourth-order valence-corrected chi connectivity index (χ4v) is 2.41. The number of Topliss-reactive ketones (excluding diaryl/α,β-unsaturated/α-hetero) is 1. The van der Waals surface area contributed by atoms with Gasteiger partial charge >= 0.3 is 17.9 Å². The third-order valence-electron chi connectivity index (χ3n) is 4.40. The first-order chi connectivity index (χ1) is 17.1. The zero-order valence-corrected chi connectivity index (χ0v) is 19.8. The summed E-state index contributed by atoms with van der Waals surface area (Å²) in [5.41, 5.74) is 1.20. The zero-order valence-electron chi connectivity index (χ0n) is 19.8. The Hall–Kier alpha value is -4.77. The summed E-state index contributed by atoms with van der Waals surface area (Å²) < 4.78 is 28.9. The summed E-state index contributed by atoms with van der Waals surface area (Å²) in [6.45, 7) is 9.40. The van der Waals surface area contributed by atoms with Crippen molar-refractivity contribution in [3.63, 3.8) is 0 Å². The monoisotopic (exact) mass is 490 g/mol. The van der Waals surface area contributed by atoms with Gasteiger partial charge in [-0.05, 0) is 61.9 Å². The molecule has 8 heteroatoms. The highest BCUT2D eigenvalue weighted by Crippen LogP contribution is 2.17. The third kappa shape index (κ3) is 8.88. The molecule has 0 aliphatic carbocycles. The van der Waals surface area contributed by atoms with Crippen LogP contribution < -0.4 is 4.74 Å². The average molecular weight is 490 g/mol. The Morgan fingerprint density at radius 2 is 1.67 bits per heavy atom. The lowest BCUT2D eigenvalue weighted by atomic mass is 10.1. The minimum absolute atomic E-state index is 0.0236. The smallest absolute Gasteiger partial charge is 0.343 e. The second-order valence-electron chi connectivity index (χ2n) is 7.46. The predicted octanol–water partition coefficient (Wildman–Crippen LogP) is 4.56. The number of benzene rings is 2. The predicted molar refractivity (Wildman–Crippen MR) is 130 cm³/mol. The van der Waals surface area contributed by atoms with Gasteiger partial charge in [-0.25, -0.2) is 18.8 Å². The van der Waals surface area contributed by atoms with Gasteiger partial charge in [-0.3, -0.25) is 4.79 Å². The Morgan fingerprint density at radius 3 is 2.28 bits per heavy atom. The maximum absolute atomic E-state index is 14.4. The molecule has 0 aliphatic rings. The van der Waals surface area contributed by atoms with Crippen LogP contribution in [0.3, 0.4) is 0 Å². The summed E-state index contributed by atoms with van der Waals surface area (Å²) in [4.78, 5) is 46.7. The van der Waals surface area contributed by atoms with Gasteiger partial charge in [-0.2, -0.15) is 0 Å². The van der Waals surface area contributed by atoms with Crippen LogP contribution in [0.4, 0.5) is 4.39 Å². The van der Waals surface area contributed by atoms with E-state index in [2.05, 4.69) is 34.5 Å². The van der Waals surface area contributed by atoms with E-state index in [9.17, 15) is 23.6 Å². The normalized spacial score (nSPS) is 10.1. The SMILES string of the molecule is C=C(C)C(=O)CC#Cc1ccc(OC(=O)c2ccc(/C=C/C(=O)OCOC(=O)C(=C)C)c(F)c2)cc1. The number of halogens is 1. The van der Waals surface area contributed by atoms with E-state index in [0.29, 0.717) is 11.1 Å². The number of hydrogen-bond donors (Lipinski definition) is 0.